The molecule has 0 radical (unpaired) electrons. The van der Waals surface area contributed by atoms with Crippen LogP contribution >= 0.6 is 11.8 Å². The predicted octanol–water partition coefficient (Wildman–Crippen LogP) is 3.18. The lowest BCUT2D eigenvalue weighted by molar-refractivity contribution is -0.137. The Balaban J connectivity index is 2.90. The van der Waals surface area contributed by atoms with Gasteiger partial charge in [0.15, 0.2) is 0 Å². The molecule has 0 aliphatic heterocycles. The van der Waals surface area contributed by atoms with E-state index in [1.807, 2.05) is 11.8 Å². The molecule has 0 atom stereocenters. The van der Waals surface area contributed by atoms with E-state index in [4.69, 9.17) is 9.84 Å². The highest BCUT2D eigenvalue weighted by Gasteiger charge is 1.96. The van der Waals surface area contributed by atoms with Gasteiger partial charge in [-0.05, 0) is 18.6 Å². The zero-order valence-electron chi connectivity index (χ0n) is 10.2. The average molecular weight is 248 g/mol. The van der Waals surface area contributed by atoms with Crippen LogP contribution in [-0.2, 0) is 9.53 Å². The first-order chi connectivity index (χ1) is 7.77. The molecule has 0 saturated heterocycles. The summed E-state index contributed by atoms with van der Waals surface area (Å²) >= 11 is 1.91. The van der Waals surface area contributed by atoms with Gasteiger partial charge in [0.05, 0.1) is 6.61 Å². The minimum atomic E-state index is -0.684. The zero-order chi connectivity index (χ0) is 12.1. The summed E-state index contributed by atoms with van der Waals surface area (Å²) in [6.07, 6.45) is 5.52. The number of ether oxygens (including phenoxy) is 1. The fraction of sp³-hybridized carbons (Fsp3) is 0.917. The number of carboxylic acid groups (broad SMARTS) is 1. The number of carbonyl (C=O) groups is 1. The normalized spacial score (nSPS) is 10.6. The lowest BCUT2D eigenvalue weighted by Crippen LogP contribution is -1.99. The minimum Gasteiger partial charge on any atom is -0.481 e. The van der Waals surface area contributed by atoms with E-state index in [9.17, 15) is 4.79 Å². The van der Waals surface area contributed by atoms with Crippen molar-refractivity contribution in [2.45, 2.75) is 45.4 Å². The summed E-state index contributed by atoms with van der Waals surface area (Å²) in [7, 11) is 0. The average Bonchev–Trinajstić information content (AvgIpc) is 2.25. The molecule has 0 saturated carbocycles. The quantitative estimate of drug-likeness (QED) is 0.539. The number of aliphatic carboxylic acids is 1. The fourth-order valence-corrected chi connectivity index (χ4v) is 1.90. The summed E-state index contributed by atoms with van der Waals surface area (Å²) < 4.78 is 5.47. The van der Waals surface area contributed by atoms with Crippen molar-refractivity contribution in [3.63, 3.8) is 0 Å². The molecule has 3 nitrogen and oxygen atoms in total. The van der Waals surface area contributed by atoms with Crippen LogP contribution in [0.2, 0.25) is 0 Å². The second kappa shape index (κ2) is 12.8. The van der Waals surface area contributed by atoms with E-state index in [0.29, 0.717) is 6.42 Å². The third-order valence-corrected chi connectivity index (χ3v) is 3.12. The topological polar surface area (TPSA) is 46.5 Å². The number of thioether (sulfide) groups is 1. The summed E-state index contributed by atoms with van der Waals surface area (Å²) in [5, 5.41) is 8.44. The standard InChI is InChI=1S/C12H24O3S/c1-2-16-11-10-15-9-7-5-3-4-6-8-12(13)14/h2-11H2,1H3,(H,13,14). The largest absolute Gasteiger partial charge is 0.481 e. The monoisotopic (exact) mass is 248 g/mol. The maximum absolute atomic E-state index is 10.2. The molecule has 0 aliphatic carbocycles. The van der Waals surface area contributed by atoms with Crippen molar-refractivity contribution in [3.8, 4) is 0 Å². The highest BCUT2D eigenvalue weighted by molar-refractivity contribution is 7.99. The summed E-state index contributed by atoms with van der Waals surface area (Å²) in [5.74, 6) is 1.57. The van der Waals surface area contributed by atoms with Crippen molar-refractivity contribution in [2.75, 3.05) is 24.7 Å². The number of unbranched alkanes of at least 4 members (excludes halogenated alkanes) is 4. The van der Waals surface area contributed by atoms with E-state index < -0.39 is 5.97 Å². The molecule has 0 aliphatic rings. The molecule has 4 heteroatoms. The summed E-state index contributed by atoms with van der Waals surface area (Å²) in [4.78, 5) is 10.2. The van der Waals surface area contributed by atoms with Crippen molar-refractivity contribution in [1.29, 1.82) is 0 Å². The fourth-order valence-electron chi connectivity index (χ4n) is 1.37. The Kier molecular flexibility index (Phi) is 12.7. The molecule has 0 unspecified atom stereocenters. The van der Waals surface area contributed by atoms with Crippen LogP contribution in [-0.4, -0.2) is 35.8 Å². The first-order valence-corrected chi connectivity index (χ1v) is 7.30. The van der Waals surface area contributed by atoms with E-state index in [-0.39, 0.29) is 0 Å². The van der Waals surface area contributed by atoms with Gasteiger partial charge in [0.2, 0.25) is 0 Å². The minimum absolute atomic E-state index is 0.310. The molecule has 16 heavy (non-hydrogen) atoms. The zero-order valence-corrected chi connectivity index (χ0v) is 11.1. The maximum atomic E-state index is 10.2. The van der Waals surface area contributed by atoms with Crippen molar-refractivity contribution >= 4 is 17.7 Å². The summed E-state index contributed by atoms with van der Waals surface area (Å²) in [6, 6.07) is 0. The molecule has 0 heterocycles. The molecule has 0 aromatic heterocycles. The molecule has 0 amide bonds. The van der Waals surface area contributed by atoms with Gasteiger partial charge in [-0.3, -0.25) is 4.79 Å². The highest BCUT2D eigenvalue weighted by atomic mass is 32.2. The molecular formula is C12H24O3S. The van der Waals surface area contributed by atoms with Gasteiger partial charge in [0, 0.05) is 18.8 Å². The van der Waals surface area contributed by atoms with Crippen molar-refractivity contribution in [1.82, 2.24) is 0 Å². The highest BCUT2D eigenvalue weighted by Crippen LogP contribution is 2.05. The number of hydrogen-bond donors (Lipinski definition) is 1. The third-order valence-electron chi connectivity index (χ3n) is 2.26. The van der Waals surface area contributed by atoms with E-state index in [0.717, 1.165) is 56.8 Å². The van der Waals surface area contributed by atoms with Gasteiger partial charge in [-0.25, -0.2) is 0 Å². The van der Waals surface area contributed by atoms with Gasteiger partial charge in [0.1, 0.15) is 0 Å². The van der Waals surface area contributed by atoms with Gasteiger partial charge >= 0.3 is 5.97 Å². The number of rotatable bonds is 12. The van der Waals surface area contributed by atoms with Crippen molar-refractivity contribution in [3.05, 3.63) is 0 Å². The maximum Gasteiger partial charge on any atom is 0.303 e. The molecule has 1 N–H and O–H groups in total. The van der Waals surface area contributed by atoms with E-state index in [1.54, 1.807) is 0 Å². The molecule has 0 bridgehead atoms. The molecule has 0 spiro atoms. The summed E-state index contributed by atoms with van der Waals surface area (Å²) in [5.41, 5.74) is 0. The van der Waals surface area contributed by atoms with E-state index >= 15 is 0 Å². The van der Waals surface area contributed by atoms with Crippen molar-refractivity contribution < 1.29 is 14.6 Å². The molecule has 0 aromatic rings. The first-order valence-electron chi connectivity index (χ1n) is 6.14. The Morgan fingerprint density at radius 3 is 2.50 bits per heavy atom. The van der Waals surface area contributed by atoms with Crippen LogP contribution in [0.3, 0.4) is 0 Å². The lowest BCUT2D eigenvalue weighted by atomic mass is 10.1. The number of hydrogen-bond acceptors (Lipinski definition) is 3. The van der Waals surface area contributed by atoms with Gasteiger partial charge in [-0.15, -0.1) is 0 Å². The van der Waals surface area contributed by atoms with Crippen LogP contribution in [0.1, 0.15) is 45.4 Å². The lowest BCUT2D eigenvalue weighted by Gasteiger charge is -2.03. The Bertz CT molecular complexity index is 162. The van der Waals surface area contributed by atoms with Crippen LogP contribution in [0.5, 0.6) is 0 Å². The Morgan fingerprint density at radius 1 is 1.12 bits per heavy atom. The number of carboxylic acids is 1. The van der Waals surface area contributed by atoms with Crippen LogP contribution < -0.4 is 0 Å². The molecule has 96 valence electrons. The summed E-state index contributed by atoms with van der Waals surface area (Å²) in [6.45, 7) is 3.86. The SMILES string of the molecule is CCSCCOCCCCCCCC(=O)O. The third kappa shape index (κ3) is 13.8. The van der Waals surface area contributed by atoms with Crippen LogP contribution in [0.4, 0.5) is 0 Å². The van der Waals surface area contributed by atoms with Gasteiger partial charge < -0.3 is 9.84 Å². The molecule has 0 rings (SSSR count). The van der Waals surface area contributed by atoms with E-state index in [2.05, 4.69) is 6.92 Å². The second-order valence-electron chi connectivity index (χ2n) is 3.72. The second-order valence-corrected chi connectivity index (χ2v) is 5.11. The van der Waals surface area contributed by atoms with Gasteiger partial charge in [-0.2, -0.15) is 11.8 Å². The molecule has 0 fully saturated rings. The molecular weight excluding hydrogens is 224 g/mol. The van der Waals surface area contributed by atoms with Crippen molar-refractivity contribution in [2.24, 2.45) is 0 Å². The molecule has 0 aromatic carbocycles. The van der Waals surface area contributed by atoms with Crippen LogP contribution in [0.25, 0.3) is 0 Å². The van der Waals surface area contributed by atoms with Crippen LogP contribution in [0, 0.1) is 0 Å². The predicted molar refractivity (Wildman–Crippen MR) is 69.2 cm³/mol. The smallest absolute Gasteiger partial charge is 0.303 e. The first kappa shape index (κ1) is 15.8. The Labute approximate surface area is 103 Å². The Hall–Kier alpha value is -0.220. The Morgan fingerprint density at radius 2 is 1.81 bits per heavy atom. The van der Waals surface area contributed by atoms with Crippen LogP contribution in [0.15, 0.2) is 0 Å². The van der Waals surface area contributed by atoms with Gasteiger partial charge in [0.25, 0.3) is 0 Å². The van der Waals surface area contributed by atoms with E-state index in [1.165, 1.54) is 0 Å². The van der Waals surface area contributed by atoms with Gasteiger partial charge in [-0.1, -0.05) is 26.2 Å².